The van der Waals surface area contributed by atoms with Gasteiger partial charge in [0.2, 0.25) is 0 Å². The van der Waals surface area contributed by atoms with E-state index in [1.807, 2.05) is 0 Å². The molecule has 0 radical (unpaired) electrons. The van der Waals surface area contributed by atoms with E-state index in [-0.39, 0.29) is 0 Å². The quantitative estimate of drug-likeness (QED) is 0.770. The van der Waals surface area contributed by atoms with E-state index in [2.05, 4.69) is 13.8 Å². The zero-order valence-corrected chi connectivity index (χ0v) is 9.88. The van der Waals surface area contributed by atoms with Gasteiger partial charge in [0, 0.05) is 0 Å². The van der Waals surface area contributed by atoms with Gasteiger partial charge in [0.05, 0.1) is 0 Å². The van der Waals surface area contributed by atoms with E-state index in [9.17, 15) is 9.59 Å². The fourth-order valence-corrected chi connectivity index (χ4v) is 1.64. The molecule has 92 valence electrons. The second-order valence-corrected chi connectivity index (χ2v) is 4.09. The third-order valence-electron chi connectivity index (χ3n) is 2.95. The van der Waals surface area contributed by atoms with Crippen LogP contribution in [0.3, 0.4) is 0 Å². The molecule has 1 aromatic carbocycles. The summed E-state index contributed by atoms with van der Waals surface area (Å²) < 4.78 is 0. The van der Waals surface area contributed by atoms with Gasteiger partial charge in [-0.1, -0.05) is 38.1 Å². The molecule has 0 saturated carbocycles. The van der Waals surface area contributed by atoms with Crippen molar-refractivity contribution in [3.05, 3.63) is 35.4 Å². The molecule has 0 amide bonds. The zero-order chi connectivity index (χ0) is 13.0. The molecule has 0 aromatic heterocycles. The smallest absolute Gasteiger partial charge is 0.322 e. The Morgan fingerprint density at radius 2 is 1.47 bits per heavy atom. The van der Waals surface area contributed by atoms with Gasteiger partial charge in [-0.15, -0.1) is 0 Å². The molecule has 0 bridgehead atoms. The van der Waals surface area contributed by atoms with Crippen molar-refractivity contribution in [3.63, 3.8) is 0 Å². The summed E-state index contributed by atoms with van der Waals surface area (Å²) in [6.07, 6.45) is 0.987. The highest BCUT2D eigenvalue weighted by atomic mass is 16.4. The summed E-state index contributed by atoms with van der Waals surface area (Å²) in [7, 11) is 0. The largest absolute Gasteiger partial charge is 0.480 e. The molecular weight excluding hydrogens is 220 g/mol. The molecule has 0 aliphatic heterocycles. The van der Waals surface area contributed by atoms with Crippen molar-refractivity contribution in [2.45, 2.75) is 32.1 Å². The summed E-state index contributed by atoms with van der Waals surface area (Å²) in [5.74, 6) is -3.78. The number of aliphatic carboxylic acids is 2. The minimum Gasteiger partial charge on any atom is -0.480 e. The number of hydrogen-bond donors (Lipinski definition) is 2. The summed E-state index contributed by atoms with van der Waals surface area (Å²) >= 11 is 0. The molecule has 0 spiro atoms. The number of carboxylic acids is 2. The van der Waals surface area contributed by atoms with E-state index in [1.54, 1.807) is 24.3 Å². The van der Waals surface area contributed by atoms with E-state index in [0.29, 0.717) is 11.5 Å². The number of benzene rings is 1. The van der Waals surface area contributed by atoms with Crippen LogP contribution in [-0.4, -0.2) is 22.2 Å². The van der Waals surface area contributed by atoms with Gasteiger partial charge in [0.25, 0.3) is 0 Å². The third-order valence-corrected chi connectivity index (χ3v) is 2.95. The van der Waals surface area contributed by atoms with Crippen LogP contribution in [0.15, 0.2) is 24.3 Å². The highest BCUT2D eigenvalue weighted by molar-refractivity contribution is 5.98. The van der Waals surface area contributed by atoms with Gasteiger partial charge in [-0.2, -0.15) is 0 Å². The van der Waals surface area contributed by atoms with Crippen LogP contribution >= 0.6 is 0 Å². The average Bonchev–Trinajstić information content (AvgIpc) is 2.28. The second-order valence-electron chi connectivity index (χ2n) is 4.09. The third kappa shape index (κ3) is 3.06. The monoisotopic (exact) mass is 236 g/mol. The number of rotatable bonds is 5. The van der Waals surface area contributed by atoms with Crippen molar-refractivity contribution in [1.82, 2.24) is 0 Å². The van der Waals surface area contributed by atoms with E-state index in [4.69, 9.17) is 10.2 Å². The summed E-state index contributed by atoms with van der Waals surface area (Å²) in [5.41, 5.74) is 1.39. The molecule has 2 N–H and O–H groups in total. The molecule has 0 saturated heterocycles. The molecule has 1 rings (SSSR count). The first-order chi connectivity index (χ1) is 7.97. The first-order valence-corrected chi connectivity index (χ1v) is 5.52. The van der Waals surface area contributed by atoms with Gasteiger partial charge in [0.15, 0.2) is 5.92 Å². The molecule has 4 heteroatoms. The summed E-state index contributed by atoms with van der Waals surface area (Å²) in [6, 6.07) is 6.74. The molecule has 0 fully saturated rings. The van der Waals surface area contributed by atoms with Crippen LogP contribution in [0.5, 0.6) is 0 Å². The molecule has 0 aliphatic rings. The fraction of sp³-hybridized carbons (Fsp3) is 0.385. The SMILES string of the molecule is CCC(C)c1ccc(C(C(=O)O)C(=O)O)cc1. The van der Waals surface area contributed by atoms with Crippen molar-refractivity contribution < 1.29 is 19.8 Å². The molecule has 0 aliphatic carbocycles. The Balaban J connectivity index is 3.00. The number of hydrogen-bond acceptors (Lipinski definition) is 2. The van der Waals surface area contributed by atoms with E-state index in [1.165, 1.54) is 0 Å². The molecule has 1 aromatic rings. The Morgan fingerprint density at radius 3 is 1.82 bits per heavy atom. The lowest BCUT2D eigenvalue weighted by molar-refractivity contribution is -0.150. The summed E-state index contributed by atoms with van der Waals surface area (Å²) in [6.45, 7) is 4.14. The van der Waals surface area contributed by atoms with Crippen molar-refractivity contribution in [3.8, 4) is 0 Å². The van der Waals surface area contributed by atoms with Crippen molar-refractivity contribution in [2.24, 2.45) is 0 Å². The van der Waals surface area contributed by atoms with Crippen LogP contribution in [0.25, 0.3) is 0 Å². The maximum atomic E-state index is 10.8. The van der Waals surface area contributed by atoms with Gasteiger partial charge in [-0.3, -0.25) is 9.59 Å². The van der Waals surface area contributed by atoms with Crippen molar-refractivity contribution in [2.75, 3.05) is 0 Å². The lowest BCUT2D eigenvalue weighted by atomic mass is 9.93. The van der Waals surface area contributed by atoms with Crippen LogP contribution in [0.4, 0.5) is 0 Å². The van der Waals surface area contributed by atoms with E-state index >= 15 is 0 Å². The predicted molar refractivity (Wildman–Crippen MR) is 63.2 cm³/mol. The summed E-state index contributed by atoms with van der Waals surface area (Å²) in [4.78, 5) is 21.7. The van der Waals surface area contributed by atoms with Crippen LogP contribution in [0.1, 0.15) is 43.2 Å². The Kier molecular flexibility index (Phi) is 4.26. The van der Waals surface area contributed by atoms with Gasteiger partial charge >= 0.3 is 11.9 Å². The first kappa shape index (κ1) is 13.2. The van der Waals surface area contributed by atoms with Crippen molar-refractivity contribution in [1.29, 1.82) is 0 Å². The molecular formula is C13H16O4. The van der Waals surface area contributed by atoms with Gasteiger partial charge in [-0.25, -0.2) is 0 Å². The Labute approximate surface area is 99.9 Å². The fourth-order valence-electron chi connectivity index (χ4n) is 1.64. The Hall–Kier alpha value is -1.84. The molecule has 4 nitrogen and oxygen atoms in total. The predicted octanol–water partition coefficient (Wildman–Crippen LogP) is 2.45. The first-order valence-electron chi connectivity index (χ1n) is 5.52. The highest BCUT2D eigenvalue weighted by Crippen LogP contribution is 2.22. The standard InChI is InChI=1S/C13H16O4/c1-3-8(2)9-4-6-10(7-5-9)11(12(14)15)13(16)17/h4-8,11H,3H2,1-2H3,(H,14,15)(H,16,17). The lowest BCUT2D eigenvalue weighted by Crippen LogP contribution is -2.20. The highest BCUT2D eigenvalue weighted by Gasteiger charge is 2.27. The van der Waals surface area contributed by atoms with Gasteiger partial charge in [0.1, 0.15) is 0 Å². The molecule has 1 atom stereocenters. The van der Waals surface area contributed by atoms with Crippen LogP contribution in [0, 0.1) is 0 Å². The molecule has 1 unspecified atom stereocenters. The zero-order valence-electron chi connectivity index (χ0n) is 9.88. The van der Waals surface area contributed by atoms with E-state index < -0.39 is 17.9 Å². The number of carbonyl (C=O) groups is 2. The molecule has 17 heavy (non-hydrogen) atoms. The van der Waals surface area contributed by atoms with Gasteiger partial charge < -0.3 is 10.2 Å². The number of carboxylic acid groups (broad SMARTS) is 2. The van der Waals surface area contributed by atoms with Crippen LogP contribution in [0.2, 0.25) is 0 Å². The van der Waals surface area contributed by atoms with Crippen LogP contribution in [-0.2, 0) is 9.59 Å². The Bertz CT molecular complexity index is 394. The normalized spacial score (nSPS) is 12.4. The second kappa shape index (κ2) is 5.48. The van der Waals surface area contributed by atoms with Crippen molar-refractivity contribution >= 4 is 11.9 Å². The topological polar surface area (TPSA) is 74.6 Å². The van der Waals surface area contributed by atoms with Gasteiger partial charge in [-0.05, 0) is 23.5 Å². The van der Waals surface area contributed by atoms with E-state index in [0.717, 1.165) is 12.0 Å². The Morgan fingerprint density at radius 1 is 1.06 bits per heavy atom. The minimum atomic E-state index is -1.49. The molecule has 0 heterocycles. The summed E-state index contributed by atoms with van der Waals surface area (Å²) in [5, 5.41) is 17.7. The minimum absolute atomic E-state index is 0.303. The maximum Gasteiger partial charge on any atom is 0.322 e. The maximum absolute atomic E-state index is 10.8. The average molecular weight is 236 g/mol. The lowest BCUT2D eigenvalue weighted by Gasteiger charge is -2.11. The van der Waals surface area contributed by atoms with Crippen LogP contribution < -0.4 is 0 Å².